The van der Waals surface area contributed by atoms with Crippen LogP contribution in [0.1, 0.15) is 45.4 Å². The Morgan fingerprint density at radius 3 is 2.42 bits per heavy atom. The van der Waals surface area contributed by atoms with Crippen LogP contribution in [0.5, 0.6) is 5.88 Å². The molecule has 7 heteroatoms. The minimum Gasteiger partial charge on any atom is -0.448 e. The van der Waals surface area contributed by atoms with Gasteiger partial charge in [-0.25, -0.2) is 0 Å². The van der Waals surface area contributed by atoms with Crippen molar-refractivity contribution in [2.24, 2.45) is 0 Å². The topological polar surface area (TPSA) is 63.2 Å². The summed E-state index contributed by atoms with van der Waals surface area (Å²) in [4.78, 5) is 7.08. The molecule has 0 amide bonds. The van der Waals surface area contributed by atoms with Crippen molar-refractivity contribution < 1.29 is 4.74 Å². The normalized spacial score (nSPS) is 14.6. The van der Waals surface area contributed by atoms with Gasteiger partial charge < -0.3 is 15.0 Å². The second-order valence-corrected chi connectivity index (χ2v) is 8.68. The standard InChI is InChI=1S/C24H29N5OS/c1-4-15-29(16-5-2)18-13-11-17(12-14-18)22-25-20-10-8-7-9-19(20)21-23(30-22)26-24(28-27-21)31-6-3/h7-14,22,25H,4-6,15-16H2,1-3H3. The molecular weight excluding hydrogens is 406 g/mol. The Hall–Kier alpha value is -2.80. The number of anilines is 2. The minimum atomic E-state index is -0.363. The van der Waals surface area contributed by atoms with E-state index in [-0.39, 0.29) is 6.23 Å². The highest BCUT2D eigenvalue weighted by molar-refractivity contribution is 7.99. The number of fused-ring (bicyclic) bond motifs is 3. The highest BCUT2D eigenvalue weighted by Gasteiger charge is 2.26. The van der Waals surface area contributed by atoms with Crippen molar-refractivity contribution in [2.75, 3.05) is 29.1 Å². The molecular formula is C24H29N5OS. The van der Waals surface area contributed by atoms with E-state index in [1.165, 1.54) is 5.69 Å². The van der Waals surface area contributed by atoms with Crippen LogP contribution in [0.4, 0.5) is 11.4 Å². The summed E-state index contributed by atoms with van der Waals surface area (Å²) in [5, 5.41) is 12.9. The number of nitrogens with zero attached hydrogens (tertiary/aromatic N) is 4. The summed E-state index contributed by atoms with van der Waals surface area (Å²) < 4.78 is 6.36. The quantitative estimate of drug-likeness (QED) is 0.450. The lowest BCUT2D eigenvalue weighted by Gasteiger charge is -2.25. The molecule has 2 aromatic carbocycles. The van der Waals surface area contributed by atoms with Crippen LogP contribution in [-0.4, -0.2) is 34.0 Å². The van der Waals surface area contributed by atoms with Gasteiger partial charge in [-0.3, -0.25) is 0 Å². The lowest BCUT2D eigenvalue weighted by atomic mass is 10.1. The lowest BCUT2D eigenvalue weighted by Crippen LogP contribution is -2.25. The average Bonchev–Trinajstić information content (AvgIpc) is 2.96. The van der Waals surface area contributed by atoms with Gasteiger partial charge in [0.15, 0.2) is 11.9 Å². The molecule has 6 nitrogen and oxygen atoms in total. The van der Waals surface area contributed by atoms with Gasteiger partial charge in [-0.1, -0.05) is 62.9 Å². The molecule has 2 heterocycles. The molecule has 162 valence electrons. The summed E-state index contributed by atoms with van der Waals surface area (Å²) in [6.07, 6.45) is 1.90. The van der Waals surface area contributed by atoms with Crippen LogP contribution in [0, 0.1) is 0 Å². The number of aromatic nitrogens is 3. The summed E-state index contributed by atoms with van der Waals surface area (Å²) >= 11 is 1.56. The van der Waals surface area contributed by atoms with E-state index in [1.807, 2.05) is 24.3 Å². The highest BCUT2D eigenvalue weighted by atomic mass is 32.2. The predicted octanol–water partition coefficient (Wildman–Crippen LogP) is 5.78. The maximum atomic E-state index is 6.36. The van der Waals surface area contributed by atoms with Crippen LogP contribution < -0.4 is 15.0 Å². The Bertz CT molecular complexity index is 1010. The third-order valence-electron chi connectivity index (χ3n) is 5.16. The van der Waals surface area contributed by atoms with Crippen molar-refractivity contribution in [3.05, 3.63) is 54.1 Å². The average molecular weight is 436 g/mol. The maximum absolute atomic E-state index is 6.36. The number of hydrogen-bond donors (Lipinski definition) is 1. The highest BCUT2D eigenvalue weighted by Crippen LogP contribution is 2.39. The fourth-order valence-corrected chi connectivity index (χ4v) is 4.26. The molecule has 1 unspecified atom stereocenters. The first kappa shape index (κ1) is 21.4. The van der Waals surface area contributed by atoms with Crippen LogP contribution in [-0.2, 0) is 0 Å². The molecule has 0 radical (unpaired) electrons. The third-order valence-corrected chi connectivity index (χ3v) is 5.87. The number of hydrogen-bond acceptors (Lipinski definition) is 7. The van der Waals surface area contributed by atoms with Gasteiger partial charge in [-0.2, -0.15) is 4.98 Å². The zero-order valence-electron chi connectivity index (χ0n) is 18.3. The summed E-state index contributed by atoms with van der Waals surface area (Å²) in [6, 6.07) is 16.7. The van der Waals surface area contributed by atoms with Crippen LogP contribution >= 0.6 is 11.8 Å². The second-order valence-electron chi connectivity index (χ2n) is 7.45. The van der Waals surface area contributed by atoms with Gasteiger partial charge in [0.2, 0.25) is 11.0 Å². The number of thioether (sulfide) groups is 1. The molecule has 0 saturated heterocycles. The van der Waals surface area contributed by atoms with Gasteiger partial charge >= 0.3 is 0 Å². The van der Waals surface area contributed by atoms with Gasteiger partial charge in [0, 0.05) is 35.6 Å². The molecule has 3 aromatic rings. The number of nitrogens with one attached hydrogen (secondary N) is 1. The molecule has 1 N–H and O–H groups in total. The van der Waals surface area contributed by atoms with Crippen molar-refractivity contribution in [1.29, 1.82) is 0 Å². The molecule has 0 bridgehead atoms. The van der Waals surface area contributed by atoms with Crippen molar-refractivity contribution in [3.8, 4) is 17.1 Å². The predicted molar refractivity (Wildman–Crippen MR) is 128 cm³/mol. The van der Waals surface area contributed by atoms with Gasteiger partial charge in [0.05, 0.1) is 0 Å². The summed E-state index contributed by atoms with van der Waals surface area (Å²) in [5.74, 6) is 1.39. The number of para-hydroxylation sites is 1. The largest absolute Gasteiger partial charge is 0.448 e. The van der Waals surface area contributed by atoms with Crippen LogP contribution in [0.3, 0.4) is 0 Å². The van der Waals surface area contributed by atoms with Crippen molar-refractivity contribution in [1.82, 2.24) is 15.2 Å². The van der Waals surface area contributed by atoms with E-state index < -0.39 is 0 Å². The van der Waals surface area contributed by atoms with E-state index in [9.17, 15) is 0 Å². The molecule has 0 saturated carbocycles. The van der Waals surface area contributed by atoms with E-state index in [0.717, 1.165) is 48.5 Å². The van der Waals surface area contributed by atoms with Crippen LogP contribution in [0.15, 0.2) is 53.7 Å². The third kappa shape index (κ3) is 4.77. The summed E-state index contributed by atoms with van der Waals surface area (Å²) in [5.41, 5.74) is 4.86. The van der Waals surface area contributed by atoms with Gasteiger partial charge in [-0.15, -0.1) is 10.2 Å². The Morgan fingerprint density at radius 1 is 0.968 bits per heavy atom. The Labute approximate surface area is 188 Å². The van der Waals surface area contributed by atoms with E-state index in [4.69, 9.17) is 4.74 Å². The Balaban J connectivity index is 1.67. The fourth-order valence-electron chi connectivity index (χ4n) is 3.76. The number of benzene rings is 2. The number of rotatable bonds is 8. The molecule has 1 aliphatic heterocycles. The molecule has 0 spiro atoms. The Morgan fingerprint density at radius 2 is 1.71 bits per heavy atom. The molecule has 0 aliphatic carbocycles. The van der Waals surface area contributed by atoms with Crippen molar-refractivity contribution in [3.63, 3.8) is 0 Å². The lowest BCUT2D eigenvalue weighted by molar-refractivity contribution is 0.225. The van der Waals surface area contributed by atoms with E-state index in [0.29, 0.717) is 16.7 Å². The second kappa shape index (κ2) is 10.0. The maximum Gasteiger partial charge on any atom is 0.247 e. The molecule has 1 atom stereocenters. The SMILES string of the molecule is CCCN(CCC)c1ccc(C2Nc3ccccc3-c3nnc(SCC)nc3O2)cc1. The van der Waals surface area contributed by atoms with Gasteiger partial charge in [0.1, 0.15) is 0 Å². The van der Waals surface area contributed by atoms with Crippen molar-refractivity contribution in [2.45, 2.75) is 45.0 Å². The van der Waals surface area contributed by atoms with Gasteiger partial charge in [0.25, 0.3) is 0 Å². The molecule has 31 heavy (non-hydrogen) atoms. The first-order valence-corrected chi connectivity index (χ1v) is 12.0. The smallest absolute Gasteiger partial charge is 0.247 e. The van der Waals surface area contributed by atoms with Gasteiger partial charge in [-0.05, 0) is 36.8 Å². The van der Waals surface area contributed by atoms with E-state index in [1.54, 1.807) is 11.8 Å². The van der Waals surface area contributed by atoms with Crippen molar-refractivity contribution >= 4 is 23.1 Å². The molecule has 0 fully saturated rings. The molecule has 4 rings (SSSR count). The first-order valence-electron chi connectivity index (χ1n) is 11.0. The first-order chi connectivity index (χ1) is 15.2. The summed E-state index contributed by atoms with van der Waals surface area (Å²) in [6.45, 7) is 8.63. The Kier molecular flexibility index (Phi) is 6.92. The summed E-state index contributed by atoms with van der Waals surface area (Å²) in [7, 11) is 0. The fraction of sp³-hybridized carbons (Fsp3) is 0.375. The minimum absolute atomic E-state index is 0.363. The monoisotopic (exact) mass is 435 g/mol. The van der Waals surface area contributed by atoms with Crippen LogP contribution in [0.25, 0.3) is 11.3 Å². The number of ether oxygens (including phenoxy) is 1. The molecule has 1 aliphatic rings. The van der Waals surface area contributed by atoms with E-state index in [2.05, 4.69) is 70.4 Å². The van der Waals surface area contributed by atoms with E-state index >= 15 is 0 Å². The zero-order valence-corrected chi connectivity index (χ0v) is 19.2. The van der Waals surface area contributed by atoms with Crippen LogP contribution in [0.2, 0.25) is 0 Å². The zero-order chi connectivity index (χ0) is 21.6. The molecule has 1 aromatic heterocycles.